The number of fused-ring (bicyclic) bond motifs is 1. The second-order valence-electron chi connectivity index (χ2n) is 7.14. The van der Waals surface area contributed by atoms with Crippen molar-refractivity contribution in [2.75, 3.05) is 34.3 Å². The largest absolute Gasteiger partial charge is 0.457 e. The van der Waals surface area contributed by atoms with Crippen molar-refractivity contribution < 1.29 is 23.2 Å². The molecule has 132 valence electrons. The molecule has 0 aliphatic heterocycles. The molecule has 1 unspecified atom stereocenters. The molecule has 2 rings (SSSR count). The third-order valence-corrected chi connectivity index (χ3v) is 3.77. The summed E-state index contributed by atoms with van der Waals surface area (Å²) < 4.78 is 17.4. The minimum absolute atomic E-state index is 0.142. The van der Waals surface area contributed by atoms with Crippen LogP contribution in [-0.2, 0) is 16.1 Å². The van der Waals surface area contributed by atoms with Gasteiger partial charge in [0, 0.05) is 18.4 Å². The first-order valence-corrected chi connectivity index (χ1v) is 8.40. The first-order valence-electron chi connectivity index (χ1n) is 8.40. The van der Waals surface area contributed by atoms with E-state index in [4.69, 9.17) is 13.9 Å². The van der Waals surface area contributed by atoms with Crippen LogP contribution in [0.15, 0.2) is 28.7 Å². The quantitative estimate of drug-likeness (QED) is 0.546. The Labute approximate surface area is 143 Å². The van der Waals surface area contributed by atoms with Crippen molar-refractivity contribution in [2.45, 2.75) is 33.0 Å². The lowest BCUT2D eigenvalue weighted by Gasteiger charge is -2.25. The topological polar surface area (TPSA) is 48.7 Å². The van der Waals surface area contributed by atoms with Gasteiger partial charge in [-0.1, -0.05) is 6.07 Å². The summed E-state index contributed by atoms with van der Waals surface area (Å²) >= 11 is 0. The number of rotatable bonds is 8. The molecule has 2 aromatic rings. The summed E-state index contributed by atoms with van der Waals surface area (Å²) in [6, 6.07) is 7.52. The SMILES string of the molecule is CCOCc1ccc2oc(C(=O)OC(C)CC[N+](C)(C)C)cc2c1. The van der Waals surface area contributed by atoms with Gasteiger partial charge in [-0.05, 0) is 37.6 Å². The highest BCUT2D eigenvalue weighted by Crippen LogP contribution is 2.22. The van der Waals surface area contributed by atoms with Crippen molar-refractivity contribution >= 4 is 16.9 Å². The highest BCUT2D eigenvalue weighted by molar-refractivity contribution is 5.92. The maximum absolute atomic E-state index is 12.3. The van der Waals surface area contributed by atoms with Crippen LogP contribution in [0.3, 0.4) is 0 Å². The van der Waals surface area contributed by atoms with E-state index in [0.717, 1.165) is 28.4 Å². The maximum Gasteiger partial charge on any atom is 0.374 e. The van der Waals surface area contributed by atoms with Gasteiger partial charge >= 0.3 is 5.97 Å². The number of carbonyl (C=O) groups excluding carboxylic acids is 1. The first-order chi connectivity index (χ1) is 11.3. The predicted molar refractivity (Wildman–Crippen MR) is 93.9 cm³/mol. The number of hydrogen-bond acceptors (Lipinski definition) is 4. The van der Waals surface area contributed by atoms with Crippen LogP contribution in [0.5, 0.6) is 0 Å². The van der Waals surface area contributed by atoms with E-state index in [-0.39, 0.29) is 11.9 Å². The number of quaternary nitrogens is 1. The van der Waals surface area contributed by atoms with Crippen LogP contribution >= 0.6 is 0 Å². The Morgan fingerprint density at radius 3 is 2.67 bits per heavy atom. The standard InChI is InChI=1S/C19H28NO4/c1-6-22-13-15-7-8-17-16(11-15)12-18(24-17)19(21)23-14(2)9-10-20(3,4)5/h7-8,11-12,14H,6,9-10,13H2,1-5H3/q+1. The molecule has 5 heteroatoms. The Bertz CT molecular complexity index is 684. The average molecular weight is 334 g/mol. The Morgan fingerprint density at radius 1 is 1.25 bits per heavy atom. The van der Waals surface area contributed by atoms with Crippen LogP contribution in [0, 0.1) is 0 Å². The summed E-state index contributed by atoms with van der Waals surface area (Å²) in [6.07, 6.45) is 0.671. The van der Waals surface area contributed by atoms with Gasteiger partial charge in [0.2, 0.25) is 5.76 Å². The molecular weight excluding hydrogens is 306 g/mol. The molecule has 0 bridgehead atoms. The average Bonchev–Trinajstić information content (AvgIpc) is 2.93. The molecule has 5 nitrogen and oxygen atoms in total. The molecule has 0 aliphatic rings. The second kappa shape index (κ2) is 7.81. The highest BCUT2D eigenvalue weighted by atomic mass is 16.6. The molecule has 0 aliphatic carbocycles. The Balaban J connectivity index is 2.01. The summed E-state index contributed by atoms with van der Waals surface area (Å²) in [5.41, 5.74) is 1.74. The summed E-state index contributed by atoms with van der Waals surface area (Å²) in [5.74, 6) is -0.165. The van der Waals surface area contributed by atoms with E-state index in [1.807, 2.05) is 32.0 Å². The van der Waals surface area contributed by atoms with E-state index in [2.05, 4.69) is 21.1 Å². The second-order valence-corrected chi connectivity index (χ2v) is 7.14. The fourth-order valence-corrected chi connectivity index (χ4v) is 2.37. The van der Waals surface area contributed by atoms with Crippen molar-refractivity contribution in [3.8, 4) is 0 Å². The molecule has 0 spiro atoms. The van der Waals surface area contributed by atoms with Crippen molar-refractivity contribution in [1.82, 2.24) is 0 Å². The van der Waals surface area contributed by atoms with Crippen LogP contribution in [0.25, 0.3) is 11.0 Å². The van der Waals surface area contributed by atoms with Gasteiger partial charge in [0.1, 0.15) is 11.7 Å². The molecule has 0 amide bonds. The Kier molecular flexibility index (Phi) is 6.02. The molecule has 0 radical (unpaired) electrons. The Morgan fingerprint density at radius 2 is 2.00 bits per heavy atom. The molecule has 0 saturated carbocycles. The number of carbonyl (C=O) groups is 1. The van der Waals surface area contributed by atoms with Crippen molar-refractivity contribution in [2.24, 2.45) is 0 Å². The van der Waals surface area contributed by atoms with Crippen LogP contribution in [0.2, 0.25) is 0 Å². The highest BCUT2D eigenvalue weighted by Gasteiger charge is 2.19. The summed E-state index contributed by atoms with van der Waals surface area (Å²) in [5, 5.41) is 0.887. The maximum atomic E-state index is 12.3. The monoisotopic (exact) mass is 334 g/mol. The van der Waals surface area contributed by atoms with E-state index in [1.165, 1.54) is 0 Å². The molecule has 1 aromatic heterocycles. The van der Waals surface area contributed by atoms with Gasteiger partial charge < -0.3 is 18.4 Å². The zero-order valence-corrected chi connectivity index (χ0v) is 15.3. The van der Waals surface area contributed by atoms with E-state index in [1.54, 1.807) is 6.07 Å². The lowest BCUT2D eigenvalue weighted by molar-refractivity contribution is -0.870. The predicted octanol–water partition coefficient (Wildman–Crippen LogP) is 3.61. The number of esters is 1. The lowest BCUT2D eigenvalue weighted by Crippen LogP contribution is -2.37. The number of ether oxygens (including phenoxy) is 2. The third kappa shape index (κ3) is 5.35. The molecule has 24 heavy (non-hydrogen) atoms. The molecular formula is C19H28NO4+. The van der Waals surface area contributed by atoms with Crippen LogP contribution in [-0.4, -0.2) is 50.9 Å². The summed E-state index contributed by atoms with van der Waals surface area (Å²) in [7, 11) is 6.36. The normalized spacial score (nSPS) is 13.2. The van der Waals surface area contributed by atoms with Crippen LogP contribution in [0.4, 0.5) is 0 Å². The zero-order chi connectivity index (χ0) is 17.7. The van der Waals surface area contributed by atoms with E-state index < -0.39 is 5.97 Å². The number of nitrogens with zero attached hydrogens (tertiary/aromatic N) is 1. The fraction of sp³-hybridized carbons (Fsp3) is 0.526. The van der Waals surface area contributed by atoms with Gasteiger partial charge in [0.05, 0.1) is 34.3 Å². The third-order valence-electron chi connectivity index (χ3n) is 3.77. The minimum Gasteiger partial charge on any atom is -0.457 e. The van der Waals surface area contributed by atoms with E-state index in [9.17, 15) is 4.79 Å². The fourth-order valence-electron chi connectivity index (χ4n) is 2.37. The molecule has 1 aromatic carbocycles. The van der Waals surface area contributed by atoms with Gasteiger partial charge in [-0.2, -0.15) is 0 Å². The molecule has 1 atom stereocenters. The van der Waals surface area contributed by atoms with Crippen LogP contribution in [0.1, 0.15) is 36.4 Å². The summed E-state index contributed by atoms with van der Waals surface area (Å²) in [4.78, 5) is 12.3. The van der Waals surface area contributed by atoms with Gasteiger partial charge in [-0.3, -0.25) is 0 Å². The van der Waals surface area contributed by atoms with E-state index >= 15 is 0 Å². The zero-order valence-electron chi connectivity index (χ0n) is 15.3. The van der Waals surface area contributed by atoms with Crippen molar-refractivity contribution in [3.05, 3.63) is 35.6 Å². The molecule has 1 heterocycles. The molecule has 0 fully saturated rings. The first kappa shape index (κ1) is 18.5. The molecule has 0 N–H and O–H groups in total. The van der Waals surface area contributed by atoms with Gasteiger partial charge in [-0.15, -0.1) is 0 Å². The van der Waals surface area contributed by atoms with Gasteiger partial charge in [0.25, 0.3) is 0 Å². The number of benzene rings is 1. The Hall–Kier alpha value is -1.85. The van der Waals surface area contributed by atoms with Gasteiger partial charge in [0.15, 0.2) is 0 Å². The lowest BCUT2D eigenvalue weighted by atomic mass is 10.2. The number of furan rings is 1. The number of hydrogen-bond donors (Lipinski definition) is 0. The van der Waals surface area contributed by atoms with E-state index in [0.29, 0.717) is 18.8 Å². The van der Waals surface area contributed by atoms with Crippen molar-refractivity contribution in [1.29, 1.82) is 0 Å². The van der Waals surface area contributed by atoms with Gasteiger partial charge in [-0.25, -0.2) is 4.79 Å². The van der Waals surface area contributed by atoms with Crippen molar-refractivity contribution in [3.63, 3.8) is 0 Å². The smallest absolute Gasteiger partial charge is 0.374 e. The summed E-state index contributed by atoms with van der Waals surface area (Å²) in [6.45, 7) is 6.04. The minimum atomic E-state index is -0.411. The van der Waals surface area contributed by atoms with Crippen LogP contribution < -0.4 is 0 Å². The molecule has 0 saturated heterocycles.